The number of benzene rings is 2. The lowest BCUT2D eigenvalue weighted by Crippen LogP contribution is -2.30. The molecule has 4 heteroatoms. The molecule has 2 aromatic carbocycles. The molecule has 1 atom stereocenters. The molecular formula is C17H15F2NO. The number of rotatable bonds is 2. The van der Waals surface area contributed by atoms with E-state index in [-0.39, 0.29) is 17.8 Å². The second kappa shape index (κ2) is 5.64. The standard InChI is InChI=1S/C17H15F2NO/c18-14-6-1-4-12(10-14)16-8-3-9-20(16)17(21)13-5-2-7-15(19)11-13/h1-2,4-7,10-11,16H,3,8-9H2/t16-/m0/s1. The van der Waals surface area contributed by atoms with E-state index >= 15 is 0 Å². The number of carbonyl (C=O) groups excluding carboxylic acids is 1. The molecule has 1 aliphatic rings. The number of likely N-dealkylation sites (tertiary alicyclic amines) is 1. The van der Waals surface area contributed by atoms with Crippen LogP contribution >= 0.6 is 0 Å². The molecular weight excluding hydrogens is 272 g/mol. The quantitative estimate of drug-likeness (QED) is 0.819. The van der Waals surface area contributed by atoms with Crippen molar-refractivity contribution < 1.29 is 13.6 Å². The molecule has 0 N–H and O–H groups in total. The highest BCUT2D eigenvalue weighted by Gasteiger charge is 2.30. The number of nitrogens with zero attached hydrogens (tertiary/aromatic N) is 1. The van der Waals surface area contributed by atoms with Gasteiger partial charge in [0.25, 0.3) is 5.91 Å². The van der Waals surface area contributed by atoms with Crippen molar-refractivity contribution in [3.63, 3.8) is 0 Å². The molecule has 0 radical (unpaired) electrons. The van der Waals surface area contributed by atoms with Crippen molar-refractivity contribution in [1.82, 2.24) is 4.90 Å². The Hall–Kier alpha value is -2.23. The van der Waals surface area contributed by atoms with E-state index in [2.05, 4.69) is 0 Å². The van der Waals surface area contributed by atoms with Gasteiger partial charge in [-0.3, -0.25) is 4.79 Å². The summed E-state index contributed by atoms with van der Waals surface area (Å²) in [7, 11) is 0. The van der Waals surface area contributed by atoms with Crippen LogP contribution in [0, 0.1) is 11.6 Å². The summed E-state index contributed by atoms with van der Waals surface area (Å²) in [4.78, 5) is 14.2. The van der Waals surface area contributed by atoms with Gasteiger partial charge in [0.2, 0.25) is 0 Å². The van der Waals surface area contributed by atoms with Crippen LogP contribution in [0.4, 0.5) is 8.78 Å². The van der Waals surface area contributed by atoms with Crippen LogP contribution in [0.1, 0.15) is 34.8 Å². The second-order valence-corrected chi connectivity index (χ2v) is 5.22. The van der Waals surface area contributed by atoms with Crippen molar-refractivity contribution in [1.29, 1.82) is 0 Å². The van der Waals surface area contributed by atoms with Gasteiger partial charge in [0.1, 0.15) is 11.6 Å². The molecule has 0 aliphatic carbocycles. The van der Waals surface area contributed by atoms with Crippen molar-refractivity contribution >= 4 is 5.91 Å². The fraction of sp³-hybridized carbons (Fsp3) is 0.235. The van der Waals surface area contributed by atoms with Crippen LogP contribution in [-0.4, -0.2) is 17.4 Å². The minimum absolute atomic E-state index is 0.142. The van der Waals surface area contributed by atoms with E-state index in [1.165, 1.54) is 30.3 Å². The SMILES string of the molecule is O=C(c1cccc(F)c1)N1CCC[C@H]1c1cccc(F)c1. The van der Waals surface area contributed by atoms with E-state index in [1.54, 1.807) is 17.0 Å². The number of halogens is 2. The van der Waals surface area contributed by atoms with Gasteiger partial charge in [-0.25, -0.2) is 8.78 Å². The smallest absolute Gasteiger partial charge is 0.254 e. The van der Waals surface area contributed by atoms with E-state index in [0.717, 1.165) is 18.4 Å². The topological polar surface area (TPSA) is 20.3 Å². The van der Waals surface area contributed by atoms with Crippen LogP contribution in [-0.2, 0) is 0 Å². The Bertz CT molecular complexity index is 671. The summed E-state index contributed by atoms with van der Waals surface area (Å²) in [6.45, 7) is 0.608. The van der Waals surface area contributed by atoms with Crippen molar-refractivity contribution in [3.05, 3.63) is 71.3 Å². The maximum Gasteiger partial charge on any atom is 0.254 e. The summed E-state index contributed by atoms with van der Waals surface area (Å²) in [5.41, 5.74) is 1.12. The Morgan fingerprint density at radius 1 is 1.05 bits per heavy atom. The summed E-state index contributed by atoms with van der Waals surface area (Å²) in [6.07, 6.45) is 1.66. The van der Waals surface area contributed by atoms with Crippen LogP contribution in [0.15, 0.2) is 48.5 Å². The molecule has 1 aliphatic heterocycles. The van der Waals surface area contributed by atoms with Crippen LogP contribution in [0.25, 0.3) is 0 Å². The Morgan fingerprint density at radius 2 is 1.76 bits per heavy atom. The second-order valence-electron chi connectivity index (χ2n) is 5.22. The Kier molecular flexibility index (Phi) is 3.69. The number of amides is 1. The molecule has 0 bridgehead atoms. The third-order valence-electron chi connectivity index (χ3n) is 3.82. The first-order valence-electron chi connectivity index (χ1n) is 6.97. The zero-order valence-electron chi connectivity index (χ0n) is 11.4. The molecule has 2 aromatic rings. The van der Waals surface area contributed by atoms with Gasteiger partial charge in [-0.05, 0) is 48.7 Å². The monoisotopic (exact) mass is 287 g/mol. The largest absolute Gasteiger partial charge is 0.332 e. The van der Waals surface area contributed by atoms with E-state index in [9.17, 15) is 13.6 Å². The molecule has 0 spiro atoms. The molecule has 1 fully saturated rings. The Balaban J connectivity index is 1.89. The molecule has 2 nitrogen and oxygen atoms in total. The van der Waals surface area contributed by atoms with E-state index in [1.807, 2.05) is 6.07 Å². The first-order chi connectivity index (χ1) is 10.1. The average molecular weight is 287 g/mol. The lowest BCUT2D eigenvalue weighted by atomic mass is 10.0. The van der Waals surface area contributed by atoms with Crippen LogP contribution in [0.5, 0.6) is 0 Å². The molecule has 0 unspecified atom stereocenters. The highest BCUT2D eigenvalue weighted by molar-refractivity contribution is 5.94. The minimum atomic E-state index is -0.428. The summed E-state index contributed by atoms with van der Waals surface area (Å²) in [5, 5.41) is 0. The zero-order chi connectivity index (χ0) is 14.8. The van der Waals surface area contributed by atoms with Gasteiger partial charge in [0.15, 0.2) is 0 Å². The highest BCUT2D eigenvalue weighted by Crippen LogP contribution is 2.33. The maximum atomic E-state index is 13.4. The van der Waals surface area contributed by atoms with E-state index < -0.39 is 5.82 Å². The van der Waals surface area contributed by atoms with Crippen molar-refractivity contribution in [3.8, 4) is 0 Å². The summed E-state index contributed by atoms with van der Waals surface area (Å²) in [5.74, 6) is -0.943. The van der Waals surface area contributed by atoms with Gasteiger partial charge in [-0.2, -0.15) is 0 Å². The van der Waals surface area contributed by atoms with Crippen molar-refractivity contribution in [2.24, 2.45) is 0 Å². The number of carbonyl (C=O) groups is 1. The summed E-state index contributed by atoms with van der Waals surface area (Å²) < 4.78 is 26.6. The fourth-order valence-electron chi connectivity index (χ4n) is 2.86. The third kappa shape index (κ3) is 2.79. The van der Waals surface area contributed by atoms with E-state index in [0.29, 0.717) is 12.1 Å². The van der Waals surface area contributed by atoms with Gasteiger partial charge >= 0.3 is 0 Å². The molecule has 0 saturated carbocycles. The Morgan fingerprint density at radius 3 is 2.48 bits per heavy atom. The van der Waals surface area contributed by atoms with Crippen molar-refractivity contribution in [2.75, 3.05) is 6.54 Å². The first-order valence-corrected chi connectivity index (χ1v) is 6.97. The molecule has 3 rings (SSSR count). The van der Waals surface area contributed by atoms with Gasteiger partial charge in [-0.1, -0.05) is 18.2 Å². The van der Waals surface area contributed by atoms with Gasteiger partial charge < -0.3 is 4.90 Å². The summed E-state index contributed by atoms with van der Waals surface area (Å²) >= 11 is 0. The fourth-order valence-corrected chi connectivity index (χ4v) is 2.86. The van der Waals surface area contributed by atoms with E-state index in [4.69, 9.17) is 0 Å². The maximum absolute atomic E-state index is 13.4. The van der Waals surface area contributed by atoms with Crippen molar-refractivity contribution in [2.45, 2.75) is 18.9 Å². The average Bonchev–Trinajstić information content (AvgIpc) is 2.96. The van der Waals surface area contributed by atoms with Gasteiger partial charge in [0, 0.05) is 12.1 Å². The minimum Gasteiger partial charge on any atom is -0.332 e. The molecule has 108 valence electrons. The first kappa shape index (κ1) is 13.7. The number of hydrogen-bond donors (Lipinski definition) is 0. The van der Waals surface area contributed by atoms with Crippen LogP contribution in [0.2, 0.25) is 0 Å². The van der Waals surface area contributed by atoms with Crippen LogP contribution in [0.3, 0.4) is 0 Å². The number of hydrogen-bond acceptors (Lipinski definition) is 1. The van der Waals surface area contributed by atoms with Gasteiger partial charge in [0.05, 0.1) is 6.04 Å². The normalized spacial score (nSPS) is 18.0. The molecule has 1 saturated heterocycles. The predicted octanol–water partition coefficient (Wildman–Crippen LogP) is 3.94. The molecule has 0 aromatic heterocycles. The summed E-state index contributed by atoms with van der Waals surface area (Å²) in [6, 6.07) is 11.9. The molecule has 1 amide bonds. The lowest BCUT2D eigenvalue weighted by Gasteiger charge is -2.25. The Labute approximate surface area is 122 Å². The molecule has 1 heterocycles. The zero-order valence-corrected chi connectivity index (χ0v) is 11.4. The molecule has 21 heavy (non-hydrogen) atoms. The van der Waals surface area contributed by atoms with Gasteiger partial charge in [-0.15, -0.1) is 0 Å². The van der Waals surface area contributed by atoms with Crippen LogP contribution < -0.4 is 0 Å². The highest BCUT2D eigenvalue weighted by atomic mass is 19.1. The predicted molar refractivity (Wildman–Crippen MR) is 75.8 cm³/mol. The lowest BCUT2D eigenvalue weighted by molar-refractivity contribution is 0.0735. The third-order valence-corrected chi connectivity index (χ3v) is 3.82.